The average molecular weight is 297 g/mol. The molecule has 6 nitrogen and oxygen atoms in total. The van der Waals surface area contributed by atoms with E-state index >= 15 is 0 Å². The molecule has 0 saturated heterocycles. The third kappa shape index (κ3) is 3.26. The maximum atomic E-state index is 10.7. The molecular weight excluding hydrogens is 288 g/mol. The summed E-state index contributed by atoms with van der Waals surface area (Å²) in [5.41, 5.74) is 0.437. The Bertz CT molecular complexity index is 520. The molecule has 7 heteroatoms. The molecule has 0 heterocycles. The van der Waals surface area contributed by atoms with Gasteiger partial charge in [0.15, 0.2) is 0 Å². The van der Waals surface area contributed by atoms with Crippen molar-refractivity contribution in [3.63, 3.8) is 0 Å². The van der Waals surface area contributed by atoms with Gasteiger partial charge in [0.05, 0.1) is 27.0 Å². The highest BCUT2D eigenvalue weighted by molar-refractivity contribution is 9.10. The van der Waals surface area contributed by atoms with Crippen LogP contribution in [-0.2, 0) is 0 Å². The number of nitro benzene ring substituents is 1. The van der Waals surface area contributed by atoms with Crippen LogP contribution in [0.2, 0.25) is 0 Å². The third-order valence-corrected chi connectivity index (χ3v) is 2.45. The molecular formula is C10H9BrN4O2. The Kier molecular flexibility index (Phi) is 4.17. The molecule has 0 atom stereocenters. The fourth-order valence-corrected chi connectivity index (χ4v) is 1.55. The number of hydrogen-bond donors (Lipinski definition) is 0. The fourth-order valence-electron chi connectivity index (χ4n) is 1.06. The Balaban J connectivity index is 3.33. The van der Waals surface area contributed by atoms with Crippen LogP contribution in [-0.4, -0.2) is 30.3 Å². The minimum Gasteiger partial charge on any atom is -0.369 e. The van der Waals surface area contributed by atoms with Crippen LogP contribution < -0.4 is 0 Å². The van der Waals surface area contributed by atoms with E-state index in [1.165, 1.54) is 18.5 Å². The molecule has 0 amide bonds. The Morgan fingerprint density at radius 3 is 2.71 bits per heavy atom. The molecule has 0 radical (unpaired) electrons. The number of nitro groups is 1. The van der Waals surface area contributed by atoms with Crippen molar-refractivity contribution in [3.8, 4) is 6.07 Å². The first-order valence-electron chi connectivity index (χ1n) is 4.54. The van der Waals surface area contributed by atoms with Crippen molar-refractivity contribution in [2.24, 2.45) is 4.99 Å². The predicted octanol–water partition coefficient (Wildman–Crippen LogP) is 2.45. The van der Waals surface area contributed by atoms with Crippen molar-refractivity contribution in [1.29, 1.82) is 5.26 Å². The van der Waals surface area contributed by atoms with Gasteiger partial charge in [-0.25, -0.2) is 4.99 Å². The molecule has 0 unspecified atom stereocenters. The van der Waals surface area contributed by atoms with Crippen molar-refractivity contribution in [3.05, 3.63) is 32.3 Å². The highest BCUT2D eigenvalue weighted by Gasteiger charge is 2.15. The Labute approximate surface area is 106 Å². The van der Waals surface area contributed by atoms with Crippen LogP contribution in [0.25, 0.3) is 0 Å². The highest BCUT2D eigenvalue weighted by Crippen LogP contribution is 2.32. The summed E-state index contributed by atoms with van der Waals surface area (Å²) < 4.78 is 0.267. The van der Waals surface area contributed by atoms with E-state index in [-0.39, 0.29) is 21.4 Å². The van der Waals surface area contributed by atoms with E-state index < -0.39 is 4.92 Å². The number of hydrogen-bond acceptors (Lipinski definition) is 4. The summed E-state index contributed by atoms with van der Waals surface area (Å²) in [6, 6.07) is 4.60. The monoisotopic (exact) mass is 296 g/mol. The summed E-state index contributed by atoms with van der Waals surface area (Å²) in [4.78, 5) is 15.9. The standard InChI is InChI=1S/C10H9BrN4O2/c1-14(2)6-13-9-4-10(15(16)17)8(11)3-7(9)5-12/h3-4,6H,1-2H3. The first kappa shape index (κ1) is 13.1. The van der Waals surface area contributed by atoms with E-state index in [0.717, 1.165) is 0 Å². The number of nitrogens with zero attached hydrogens (tertiary/aromatic N) is 4. The van der Waals surface area contributed by atoms with Crippen LogP contribution in [0.4, 0.5) is 11.4 Å². The van der Waals surface area contributed by atoms with Crippen molar-refractivity contribution >= 4 is 33.6 Å². The molecule has 0 spiro atoms. The molecule has 1 rings (SSSR count). The second kappa shape index (κ2) is 5.41. The molecule has 88 valence electrons. The van der Waals surface area contributed by atoms with Crippen LogP contribution in [0.3, 0.4) is 0 Å². The summed E-state index contributed by atoms with van der Waals surface area (Å²) in [7, 11) is 3.53. The van der Waals surface area contributed by atoms with E-state index in [9.17, 15) is 10.1 Å². The average Bonchev–Trinajstić information content (AvgIpc) is 2.26. The van der Waals surface area contributed by atoms with Crippen molar-refractivity contribution in [2.75, 3.05) is 14.1 Å². The molecule has 0 saturated carbocycles. The van der Waals surface area contributed by atoms with Crippen LogP contribution in [0, 0.1) is 21.4 Å². The zero-order chi connectivity index (χ0) is 13.0. The van der Waals surface area contributed by atoms with Crippen LogP contribution in [0.1, 0.15) is 5.56 Å². The minimum absolute atomic E-state index is 0.116. The van der Waals surface area contributed by atoms with Gasteiger partial charge in [-0.05, 0) is 22.0 Å². The molecule has 0 bridgehead atoms. The van der Waals surface area contributed by atoms with Gasteiger partial charge in [-0.1, -0.05) is 0 Å². The SMILES string of the molecule is CN(C)C=Nc1cc([N+](=O)[O-])c(Br)cc1C#N. The lowest BCUT2D eigenvalue weighted by atomic mass is 10.2. The van der Waals surface area contributed by atoms with E-state index in [1.54, 1.807) is 19.0 Å². The maximum Gasteiger partial charge on any atom is 0.285 e. The van der Waals surface area contributed by atoms with Gasteiger partial charge in [0.1, 0.15) is 6.07 Å². The lowest BCUT2D eigenvalue weighted by Crippen LogP contribution is -2.07. The molecule has 0 fully saturated rings. The normalized spacial score (nSPS) is 10.2. The minimum atomic E-state index is -0.528. The Morgan fingerprint density at radius 1 is 1.59 bits per heavy atom. The predicted molar refractivity (Wildman–Crippen MR) is 67.4 cm³/mol. The first-order chi connectivity index (χ1) is 7.95. The van der Waals surface area contributed by atoms with Gasteiger partial charge in [-0.2, -0.15) is 5.26 Å². The summed E-state index contributed by atoms with van der Waals surface area (Å²) in [5.74, 6) is 0. The second-order valence-corrected chi connectivity index (χ2v) is 4.25. The summed E-state index contributed by atoms with van der Waals surface area (Å²) >= 11 is 3.05. The van der Waals surface area contributed by atoms with Crippen molar-refractivity contribution < 1.29 is 4.92 Å². The van der Waals surface area contributed by atoms with Gasteiger partial charge in [-0.15, -0.1) is 0 Å². The lowest BCUT2D eigenvalue weighted by molar-refractivity contribution is -0.385. The van der Waals surface area contributed by atoms with Gasteiger partial charge in [-0.3, -0.25) is 10.1 Å². The third-order valence-electron chi connectivity index (χ3n) is 1.81. The van der Waals surface area contributed by atoms with Gasteiger partial charge >= 0.3 is 0 Å². The summed E-state index contributed by atoms with van der Waals surface area (Å²) in [5, 5.41) is 19.7. The number of halogens is 1. The van der Waals surface area contributed by atoms with Gasteiger partial charge < -0.3 is 4.90 Å². The highest BCUT2D eigenvalue weighted by atomic mass is 79.9. The van der Waals surface area contributed by atoms with E-state index in [0.29, 0.717) is 0 Å². The number of rotatable bonds is 3. The molecule has 0 aliphatic carbocycles. The van der Waals surface area contributed by atoms with Crippen molar-refractivity contribution in [2.45, 2.75) is 0 Å². The first-order valence-corrected chi connectivity index (χ1v) is 5.33. The van der Waals surface area contributed by atoms with Gasteiger partial charge in [0.25, 0.3) is 5.69 Å². The number of aliphatic imine (C=N–C) groups is 1. The van der Waals surface area contributed by atoms with E-state index in [4.69, 9.17) is 5.26 Å². The maximum absolute atomic E-state index is 10.7. The smallest absolute Gasteiger partial charge is 0.285 e. The second-order valence-electron chi connectivity index (χ2n) is 3.40. The van der Waals surface area contributed by atoms with Crippen LogP contribution >= 0.6 is 15.9 Å². The van der Waals surface area contributed by atoms with E-state index in [1.807, 2.05) is 6.07 Å². The molecule has 1 aromatic carbocycles. The lowest BCUT2D eigenvalue weighted by Gasteiger charge is -2.04. The van der Waals surface area contributed by atoms with Crippen LogP contribution in [0.15, 0.2) is 21.6 Å². The molecule has 0 N–H and O–H groups in total. The largest absolute Gasteiger partial charge is 0.369 e. The van der Waals surface area contributed by atoms with Crippen molar-refractivity contribution in [1.82, 2.24) is 4.90 Å². The number of nitriles is 1. The van der Waals surface area contributed by atoms with Gasteiger partial charge in [0, 0.05) is 20.2 Å². The number of benzene rings is 1. The molecule has 0 aromatic heterocycles. The Hall–Kier alpha value is -1.94. The molecule has 0 aliphatic rings. The molecule has 17 heavy (non-hydrogen) atoms. The molecule has 1 aromatic rings. The zero-order valence-corrected chi connectivity index (χ0v) is 10.8. The summed E-state index contributed by atoms with van der Waals surface area (Å²) in [6.45, 7) is 0. The zero-order valence-electron chi connectivity index (χ0n) is 9.22. The fraction of sp³-hybridized carbons (Fsp3) is 0.200. The summed E-state index contributed by atoms with van der Waals surface area (Å²) in [6.07, 6.45) is 1.48. The molecule has 0 aliphatic heterocycles. The Morgan fingerprint density at radius 2 is 2.24 bits per heavy atom. The van der Waals surface area contributed by atoms with Gasteiger partial charge in [0.2, 0.25) is 0 Å². The van der Waals surface area contributed by atoms with E-state index in [2.05, 4.69) is 20.9 Å². The topological polar surface area (TPSA) is 82.5 Å². The van der Waals surface area contributed by atoms with Crippen LogP contribution in [0.5, 0.6) is 0 Å². The quantitative estimate of drug-likeness (QED) is 0.371.